The van der Waals surface area contributed by atoms with Crippen molar-refractivity contribution < 1.29 is 0 Å². The van der Waals surface area contributed by atoms with Crippen LogP contribution in [0.4, 0.5) is 5.82 Å². The molecule has 3 nitrogen and oxygen atoms in total. The zero-order valence-corrected chi connectivity index (χ0v) is 12.3. The third-order valence-corrected chi connectivity index (χ3v) is 3.12. The van der Waals surface area contributed by atoms with Crippen LogP contribution in [0.3, 0.4) is 0 Å². The summed E-state index contributed by atoms with van der Waals surface area (Å²) >= 11 is 5.18. The molecule has 0 bridgehead atoms. The molecule has 2 N–H and O–H groups in total. The molecule has 0 spiro atoms. The molecule has 4 heteroatoms. The van der Waals surface area contributed by atoms with Crippen LogP contribution < -0.4 is 5.32 Å². The minimum atomic E-state index is 0.336. The second kappa shape index (κ2) is 5.97. The van der Waals surface area contributed by atoms with Gasteiger partial charge in [0.25, 0.3) is 0 Å². The van der Waals surface area contributed by atoms with Crippen molar-refractivity contribution in [2.75, 3.05) is 5.32 Å². The minimum absolute atomic E-state index is 0.336. The van der Waals surface area contributed by atoms with Crippen LogP contribution in [-0.4, -0.2) is 9.97 Å². The van der Waals surface area contributed by atoms with Crippen LogP contribution in [0.1, 0.15) is 36.7 Å². The van der Waals surface area contributed by atoms with E-state index in [1.807, 2.05) is 6.07 Å². The molecule has 100 valence electrons. The first-order chi connectivity index (χ1) is 9.04. The van der Waals surface area contributed by atoms with Gasteiger partial charge in [0.2, 0.25) is 0 Å². The van der Waals surface area contributed by atoms with Crippen LogP contribution >= 0.6 is 12.2 Å². The summed E-state index contributed by atoms with van der Waals surface area (Å²) in [5, 5.41) is 3.35. The molecule has 0 amide bonds. The number of anilines is 1. The molecule has 0 aliphatic carbocycles. The Bertz CT molecular complexity index is 600. The van der Waals surface area contributed by atoms with Crippen molar-refractivity contribution in [3.8, 4) is 0 Å². The predicted octanol–water partition coefficient (Wildman–Crippen LogP) is 4.18. The molecule has 0 unspecified atom stereocenters. The van der Waals surface area contributed by atoms with Gasteiger partial charge in [0.1, 0.15) is 16.3 Å². The highest BCUT2D eigenvalue weighted by molar-refractivity contribution is 7.71. The zero-order chi connectivity index (χ0) is 13.8. The highest BCUT2D eigenvalue weighted by Gasteiger charge is 2.03. The number of aromatic nitrogens is 2. The Morgan fingerprint density at radius 3 is 2.58 bits per heavy atom. The standard InChI is InChI=1S/C15H19N3S/c1-10(2)15-17-13(8-14(19)18-15)16-9-12-6-4-11(3)5-7-12/h4-8,10H,9H2,1-3H3,(H2,16,17,18,19). The molecule has 0 atom stereocenters. The Labute approximate surface area is 119 Å². The van der Waals surface area contributed by atoms with Crippen LogP contribution in [0.5, 0.6) is 0 Å². The van der Waals surface area contributed by atoms with Crippen molar-refractivity contribution in [1.29, 1.82) is 0 Å². The van der Waals surface area contributed by atoms with E-state index in [0.717, 1.165) is 18.2 Å². The van der Waals surface area contributed by atoms with Crippen LogP contribution in [-0.2, 0) is 6.54 Å². The van der Waals surface area contributed by atoms with Gasteiger partial charge in [0.15, 0.2) is 0 Å². The summed E-state index contributed by atoms with van der Waals surface area (Å²) < 4.78 is 0.619. The van der Waals surface area contributed by atoms with Crippen molar-refractivity contribution >= 4 is 18.0 Å². The van der Waals surface area contributed by atoms with E-state index < -0.39 is 0 Å². The number of hydrogen-bond donors (Lipinski definition) is 2. The Morgan fingerprint density at radius 1 is 1.26 bits per heavy atom. The predicted molar refractivity (Wildman–Crippen MR) is 82.0 cm³/mol. The number of rotatable bonds is 4. The summed E-state index contributed by atoms with van der Waals surface area (Å²) in [7, 11) is 0. The topological polar surface area (TPSA) is 40.7 Å². The third-order valence-electron chi connectivity index (χ3n) is 2.91. The summed E-state index contributed by atoms with van der Waals surface area (Å²) in [6.45, 7) is 7.05. The molecular formula is C15H19N3S. The van der Waals surface area contributed by atoms with Crippen LogP contribution in [0, 0.1) is 11.6 Å². The van der Waals surface area contributed by atoms with E-state index in [1.54, 1.807) is 0 Å². The molecule has 0 saturated carbocycles. The van der Waals surface area contributed by atoms with Gasteiger partial charge >= 0.3 is 0 Å². The average Bonchev–Trinajstić information content (AvgIpc) is 2.37. The fourth-order valence-electron chi connectivity index (χ4n) is 1.75. The molecule has 0 saturated heterocycles. The zero-order valence-electron chi connectivity index (χ0n) is 11.5. The highest BCUT2D eigenvalue weighted by atomic mass is 32.1. The molecular weight excluding hydrogens is 254 g/mol. The Hall–Kier alpha value is -1.68. The average molecular weight is 273 g/mol. The van der Waals surface area contributed by atoms with Gasteiger partial charge in [-0.05, 0) is 12.5 Å². The maximum atomic E-state index is 5.18. The first-order valence-corrected chi connectivity index (χ1v) is 6.86. The van der Waals surface area contributed by atoms with Gasteiger partial charge in [-0.25, -0.2) is 4.98 Å². The van der Waals surface area contributed by atoms with Crippen molar-refractivity contribution in [2.45, 2.75) is 33.2 Å². The fourth-order valence-corrected chi connectivity index (χ4v) is 1.96. The molecule has 2 rings (SSSR count). The summed E-state index contributed by atoms with van der Waals surface area (Å²) in [6.07, 6.45) is 0. The largest absolute Gasteiger partial charge is 0.367 e. The number of H-pyrrole nitrogens is 1. The normalized spacial score (nSPS) is 10.7. The van der Waals surface area contributed by atoms with E-state index in [0.29, 0.717) is 10.6 Å². The first kappa shape index (κ1) is 13.7. The van der Waals surface area contributed by atoms with Gasteiger partial charge in [-0.15, -0.1) is 0 Å². The van der Waals surface area contributed by atoms with Crippen molar-refractivity contribution in [3.63, 3.8) is 0 Å². The van der Waals surface area contributed by atoms with Gasteiger partial charge in [0.05, 0.1) is 0 Å². The molecule has 2 aromatic rings. The van der Waals surface area contributed by atoms with E-state index in [9.17, 15) is 0 Å². The van der Waals surface area contributed by atoms with E-state index in [2.05, 4.69) is 60.3 Å². The summed E-state index contributed by atoms with van der Waals surface area (Å²) in [6, 6.07) is 10.3. The van der Waals surface area contributed by atoms with Crippen LogP contribution in [0.25, 0.3) is 0 Å². The number of nitrogens with zero attached hydrogens (tertiary/aromatic N) is 1. The van der Waals surface area contributed by atoms with E-state index in [-0.39, 0.29) is 0 Å². The summed E-state index contributed by atoms with van der Waals surface area (Å²) in [5.41, 5.74) is 2.52. The Morgan fingerprint density at radius 2 is 1.95 bits per heavy atom. The molecule has 1 aromatic heterocycles. The molecule has 0 radical (unpaired) electrons. The second-order valence-electron chi connectivity index (χ2n) is 5.01. The number of nitrogens with one attached hydrogen (secondary N) is 2. The van der Waals surface area contributed by atoms with Crippen LogP contribution in [0.15, 0.2) is 30.3 Å². The molecule has 0 aliphatic rings. The summed E-state index contributed by atoms with van der Waals surface area (Å²) in [5.74, 6) is 2.17. The maximum Gasteiger partial charge on any atom is 0.131 e. The lowest BCUT2D eigenvalue weighted by Crippen LogP contribution is -2.05. The van der Waals surface area contributed by atoms with Gasteiger partial charge in [-0.2, -0.15) is 0 Å². The van der Waals surface area contributed by atoms with E-state index in [1.165, 1.54) is 11.1 Å². The molecule has 0 aliphatic heterocycles. The number of hydrogen-bond acceptors (Lipinski definition) is 3. The van der Waals surface area contributed by atoms with Gasteiger partial charge in [0, 0.05) is 18.5 Å². The van der Waals surface area contributed by atoms with Gasteiger partial charge < -0.3 is 10.3 Å². The monoisotopic (exact) mass is 273 g/mol. The maximum absolute atomic E-state index is 5.18. The van der Waals surface area contributed by atoms with Crippen LogP contribution in [0.2, 0.25) is 0 Å². The minimum Gasteiger partial charge on any atom is -0.367 e. The van der Waals surface area contributed by atoms with E-state index in [4.69, 9.17) is 12.2 Å². The lowest BCUT2D eigenvalue weighted by atomic mass is 10.1. The number of aryl methyl sites for hydroxylation is 1. The second-order valence-corrected chi connectivity index (χ2v) is 5.43. The Balaban J connectivity index is 2.11. The van der Waals surface area contributed by atoms with Crippen molar-refractivity contribution in [3.05, 3.63) is 51.9 Å². The Kier molecular flexibility index (Phi) is 4.32. The number of aromatic amines is 1. The molecule has 0 fully saturated rings. The van der Waals surface area contributed by atoms with Gasteiger partial charge in [-0.1, -0.05) is 55.9 Å². The van der Waals surface area contributed by atoms with Crippen molar-refractivity contribution in [2.24, 2.45) is 0 Å². The third kappa shape index (κ3) is 3.89. The van der Waals surface area contributed by atoms with Gasteiger partial charge in [-0.3, -0.25) is 0 Å². The number of benzene rings is 1. The lowest BCUT2D eigenvalue weighted by molar-refractivity contribution is 0.771. The lowest BCUT2D eigenvalue weighted by Gasteiger charge is -2.10. The highest BCUT2D eigenvalue weighted by Crippen LogP contribution is 2.13. The summed E-state index contributed by atoms with van der Waals surface area (Å²) in [4.78, 5) is 7.60. The van der Waals surface area contributed by atoms with E-state index >= 15 is 0 Å². The quantitative estimate of drug-likeness (QED) is 0.821. The first-order valence-electron chi connectivity index (χ1n) is 6.45. The molecule has 1 heterocycles. The van der Waals surface area contributed by atoms with Crippen molar-refractivity contribution in [1.82, 2.24) is 9.97 Å². The molecule has 1 aromatic carbocycles. The fraction of sp³-hybridized carbons (Fsp3) is 0.333. The SMILES string of the molecule is Cc1ccc(CNc2cc(=S)nc(C(C)C)[nH]2)cc1. The molecule has 19 heavy (non-hydrogen) atoms. The smallest absolute Gasteiger partial charge is 0.131 e.